The molecule has 2 N–H and O–H groups in total. The highest BCUT2D eigenvalue weighted by Gasteiger charge is 2.50. The summed E-state index contributed by atoms with van der Waals surface area (Å²) in [4.78, 5) is 10.6. The number of aliphatic carboxylic acids is 1. The Hall–Kier alpha value is -0.610. The molecule has 80 valence electrons. The maximum atomic E-state index is 10.6. The quantitative estimate of drug-likeness (QED) is 0.686. The van der Waals surface area contributed by atoms with Crippen LogP contribution in [0.2, 0.25) is 0 Å². The molecular weight excluding hydrogens is 184 g/mol. The van der Waals surface area contributed by atoms with Gasteiger partial charge in [-0.1, -0.05) is 0 Å². The summed E-state index contributed by atoms with van der Waals surface area (Å²) < 4.78 is 5.21. The van der Waals surface area contributed by atoms with Crippen molar-refractivity contribution in [3.63, 3.8) is 0 Å². The number of hydrogen-bond donors (Lipinski definition) is 2. The molecule has 0 aromatic carbocycles. The normalized spacial score (nSPS) is 39.1. The molecule has 0 amide bonds. The van der Waals surface area contributed by atoms with E-state index in [-0.39, 0.29) is 11.8 Å². The fourth-order valence-electron chi connectivity index (χ4n) is 2.54. The summed E-state index contributed by atoms with van der Waals surface area (Å²) in [7, 11) is 0. The molecule has 14 heavy (non-hydrogen) atoms. The average Bonchev–Trinajstić information content (AvgIpc) is 2.14. The minimum atomic E-state index is -0.776. The van der Waals surface area contributed by atoms with E-state index >= 15 is 0 Å². The Balaban J connectivity index is 1.89. The van der Waals surface area contributed by atoms with Crippen molar-refractivity contribution >= 4 is 5.97 Å². The van der Waals surface area contributed by atoms with Gasteiger partial charge in [0.25, 0.3) is 0 Å². The predicted octanol–water partition coefficient (Wildman–Crippen LogP) is 0.639. The summed E-state index contributed by atoms with van der Waals surface area (Å²) >= 11 is 0. The zero-order chi connectivity index (χ0) is 10.2. The Morgan fingerprint density at radius 2 is 1.86 bits per heavy atom. The Bertz CT molecular complexity index is 226. The summed E-state index contributed by atoms with van der Waals surface area (Å²) in [6.45, 7) is 1.40. The summed E-state index contributed by atoms with van der Waals surface area (Å²) in [6.07, 6.45) is 2.58. The number of ether oxygens (including phenoxy) is 1. The van der Waals surface area contributed by atoms with Crippen molar-refractivity contribution in [3.05, 3.63) is 0 Å². The highest BCUT2D eigenvalue weighted by Crippen LogP contribution is 2.46. The molecule has 0 unspecified atom stereocenters. The molecule has 1 heterocycles. The lowest BCUT2D eigenvalue weighted by molar-refractivity contribution is -0.172. The van der Waals surface area contributed by atoms with Gasteiger partial charge in [0, 0.05) is 13.2 Å². The third-order valence-electron chi connectivity index (χ3n) is 3.53. The number of aliphatic hydroxyl groups is 1. The van der Waals surface area contributed by atoms with Crippen molar-refractivity contribution in [1.82, 2.24) is 0 Å². The lowest BCUT2D eigenvalue weighted by Crippen LogP contribution is -2.53. The van der Waals surface area contributed by atoms with Gasteiger partial charge >= 0.3 is 5.97 Å². The highest BCUT2D eigenvalue weighted by molar-refractivity contribution is 5.71. The van der Waals surface area contributed by atoms with E-state index in [2.05, 4.69) is 0 Å². The van der Waals surface area contributed by atoms with E-state index in [4.69, 9.17) is 9.84 Å². The third kappa shape index (κ3) is 1.64. The van der Waals surface area contributed by atoms with Crippen LogP contribution in [0.4, 0.5) is 0 Å². The van der Waals surface area contributed by atoms with Gasteiger partial charge in [-0.25, -0.2) is 0 Å². The summed E-state index contributed by atoms with van der Waals surface area (Å²) in [5, 5.41) is 18.9. The van der Waals surface area contributed by atoms with Crippen molar-refractivity contribution < 1.29 is 19.7 Å². The standard InChI is InChI=1S/C10H16O4/c11-9(12)7-5-10(13,6-7)8-1-3-14-4-2-8/h7-8,13H,1-6H2,(H,11,12). The summed E-state index contributed by atoms with van der Waals surface area (Å²) in [6, 6.07) is 0. The number of carboxylic acids is 1. The van der Waals surface area contributed by atoms with Gasteiger partial charge in [-0.15, -0.1) is 0 Å². The molecule has 4 nitrogen and oxygen atoms in total. The first-order valence-electron chi connectivity index (χ1n) is 5.15. The van der Waals surface area contributed by atoms with Gasteiger partial charge in [-0.3, -0.25) is 4.79 Å². The minimum Gasteiger partial charge on any atom is -0.481 e. The molecule has 0 radical (unpaired) electrons. The van der Waals surface area contributed by atoms with E-state index in [0.29, 0.717) is 26.1 Å². The molecule has 2 aliphatic rings. The van der Waals surface area contributed by atoms with E-state index in [0.717, 1.165) is 12.8 Å². The topological polar surface area (TPSA) is 66.8 Å². The van der Waals surface area contributed by atoms with Gasteiger partial charge < -0.3 is 14.9 Å². The zero-order valence-electron chi connectivity index (χ0n) is 8.11. The van der Waals surface area contributed by atoms with Gasteiger partial charge in [0.1, 0.15) is 0 Å². The second-order valence-corrected chi connectivity index (χ2v) is 4.43. The Labute approximate surface area is 82.9 Å². The molecule has 2 fully saturated rings. The molecule has 0 atom stereocenters. The maximum Gasteiger partial charge on any atom is 0.306 e. The van der Waals surface area contributed by atoms with Crippen molar-refractivity contribution in [3.8, 4) is 0 Å². The van der Waals surface area contributed by atoms with Crippen LogP contribution < -0.4 is 0 Å². The van der Waals surface area contributed by atoms with E-state index < -0.39 is 11.6 Å². The summed E-state index contributed by atoms with van der Waals surface area (Å²) in [5.41, 5.74) is -0.715. The first-order valence-corrected chi connectivity index (χ1v) is 5.15. The molecule has 0 spiro atoms. The van der Waals surface area contributed by atoms with E-state index in [9.17, 15) is 9.90 Å². The number of carbonyl (C=O) groups is 1. The van der Waals surface area contributed by atoms with Crippen molar-refractivity contribution in [2.24, 2.45) is 11.8 Å². The molecule has 1 saturated heterocycles. The largest absolute Gasteiger partial charge is 0.481 e. The van der Waals surface area contributed by atoms with E-state index in [1.165, 1.54) is 0 Å². The van der Waals surface area contributed by atoms with Gasteiger partial charge in [-0.2, -0.15) is 0 Å². The van der Waals surface area contributed by atoms with Crippen LogP contribution in [-0.4, -0.2) is 35.0 Å². The second kappa shape index (κ2) is 3.51. The van der Waals surface area contributed by atoms with Crippen LogP contribution in [0, 0.1) is 11.8 Å². The van der Waals surface area contributed by atoms with Gasteiger partial charge in [0.05, 0.1) is 11.5 Å². The van der Waals surface area contributed by atoms with E-state index in [1.807, 2.05) is 0 Å². The molecule has 0 aromatic heterocycles. The first-order chi connectivity index (χ1) is 6.62. The number of hydrogen-bond acceptors (Lipinski definition) is 3. The Morgan fingerprint density at radius 1 is 1.29 bits per heavy atom. The van der Waals surface area contributed by atoms with Crippen LogP contribution in [-0.2, 0) is 9.53 Å². The van der Waals surface area contributed by atoms with Crippen LogP contribution >= 0.6 is 0 Å². The van der Waals surface area contributed by atoms with Gasteiger partial charge in [0.2, 0.25) is 0 Å². The van der Waals surface area contributed by atoms with E-state index in [1.54, 1.807) is 0 Å². The van der Waals surface area contributed by atoms with Crippen LogP contribution in [0.15, 0.2) is 0 Å². The highest BCUT2D eigenvalue weighted by atomic mass is 16.5. The van der Waals surface area contributed by atoms with Crippen molar-refractivity contribution in [1.29, 1.82) is 0 Å². The first kappa shape index (κ1) is 9.93. The molecule has 0 aromatic rings. The Kier molecular flexibility index (Phi) is 2.49. The molecular formula is C10H16O4. The average molecular weight is 200 g/mol. The van der Waals surface area contributed by atoms with Crippen LogP contribution in [0.25, 0.3) is 0 Å². The summed E-state index contributed by atoms with van der Waals surface area (Å²) in [5.74, 6) is -0.864. The lowest BCUT2D eigenvalue weighted by Gasteiger charge is -2.48. The monoisotopic (exact) mass is 200 g/mol. The lowest BCUT2D eigenvalue weighted by atomic mass is 9.62. The van der Waals surface area contributed by atoms with Gasteiger partial charge in [0.15, 0.2) is 0 Å². The Morgan fingerprint density at radius 3 is 2.36 bits per heavy atom. The number of rotatable bonds is 2. The predicted molar refractivity (Wildman–Crippen MR) is 48.9 cm³/mol. The maximum absolute atomic E-state index is 10.6. The van der Waals surface area contributed by atoms with Gasteiger partial charge in [-0.05, 0) is 31.6 Å². The molecule has 1 aliphatic carbocycles. The molecule has 1 saturated carbocycles. The van der Waals surface area contributed by atoms with Crippen molar-refractivity contribution in [2.45, 2.75) is 31.3 Å². The van der Waals surface area contributed by atoms with Crippen molar-refractivity contribution in [2.75, 3.05) is 13.2 Å². The third-order valence-corrected chi connectivity index (χ3v) is 3.53. The minimum absolute atomic E-state index is 0.242. The van der Waals surface area contributed by atoms with Crippen LogP contribution in [0.5, 0.6) is 0 Å². The SMILES string of the molecule is O=C(O)C1CC(O)(C2CCOCC2)C1. The fraction of sp³-hybridized carbons (Fsp3) is 0.900. The fourth-order valence-corrected chi connectivity index (χ4v) is 2.54. The molecule has 2 rings (SSSR count). The van der Waals surface area contributed by atoms with Crippen LogP contribution in [0.3, 0.4) is 0 Å². The molecule has 4 heteroatoms. The molecule has 1 aliphatic heterocycles. The second-order valence-electron chi connectivity index (χ2n) is 4.43. The number of carboxylic acid groups (broad SMARTS) is 1. The molecule has 0 bridgehead atoms. The van der Waals surface area contributed by atoms with Crippen LogP contribution in [0.1, 0.15) is 25.7 Å². The smallest absolute Gasteiger partial charge is 0.306 e. The zero-order valence-corrected chi connectivity index (χ0v) is 8.11.